The summed E-state index contributed by atoms with van der Waals surface area (Å²) in [6.45, 7) is 0. The van der Waals surface area contributed by atoms with Crippen molar-refractivity contribution in [2.45, 2.75) is 5.92 Å². The SMILES string of the molecule is Cn1ncc(Cl)c(C(C#N)c2ccc3ccccc3n2)c1=O. The molecule has 5 nitrogen and oxygen atoms in total. The molecule has 0 saturated carbocycles. The minimum atomic E-state index is -0.834. The summed E-state index contributed by atoms with van der Waals surface area (Å²) in [5, 5.41) is 14.5. The van der Waals surface area contributed by atoms with Gasteiger partial charge in [-0.2, -0.15) is 10.4 Å². The number of rotatable bonds is 2. The normalized spacial score (nSPS) is 12.0. The maximum absolute atomic E-state index is 12.3. The Balaban J connectivity index is 2.21. The van der Waals surface area contributed by atoms with Crippen molar-refractivity contribution in [3.8, 4) is 6.07 Å². The Bertz CT molecular complexity index is 958. The lowest BCUT2D eigenvalue weighted by Crippen LogP contribution is -2.26. The van der Waals surface area contributed by atoms with Crippen LogP contribution in [0.3, 0.4) is 0 Å². The van der Waals surface area contributed by atoms with Crippen LogP contribution in [0.15, 0.2) is 47.4 Å². The summed E-state index contributed by atoms with van der Waals surface area (Å²) < 4.78 is 1.16. The molecule has 0 aliphatic rings. The van der Waals surface area contributed by atoms with Gasteiger partial charge in [0.2, 0.25) is 0 Å². The molecule has 0 spiro atoms. The van der Waals surface area contributed by atoms with Gasteiger partial charge < -0.3 is 0 Å². The first kappa shape index (κ1) is 14.2. The van der Waals surface area contributed by atoms with Gasteiger partial charge in [-0.15, -0.1) is 0 Å². The van der Waals surface area contributed by atoms with Crippen LogP contribution < -0.4 is 5.56 Å². The Morgan fingerprint density at radius 2 is 2.05 bits per heavy atom. The molecule has 0 aliphatic carbocycles. The summed E-state index contributed by atoms with van der Waals surface area (Å²) in [6, 6.07) is 13.3. The van der Waals surface area contributed by atoms with Gasteiger partial charge in [0.25, 0.3) is 5.56 Å². The number of benzene rings is 1. The van der Waals surface area contributed by atoms with Crippen molar-refractivity contribution in [2.24, 2.45) is 7.05 Å². The summed E-state index contributed by atoms with van der Waals surface area (Å²) in [5.41, 5.74) is 1.06. The van der Waals surface area contributed by atoms with Crippen molar-refractivity contribution in [2.75, 3.05) is 0 Å². The molecule has 3 rings (SSSR count). The first-order valence-electron chi connectivity index (χ1n) is 6.59. The third-order valence-corrected chi connectivity index (χ3v) is 3.76. The van der Waals surface area contributed by atoms with E-state index in [1.807, 2.05) is 30.3 Å². The van der Waals surface area contributed by atoms with Gasteiger partial charge in [0.15, 0.2) is 0 Å². The van der Waals surface area contributed by atoms with Gasteiger partial charge in [0.1, 0.15) is 5.92 Å². The van der Waals surface area contributed by atoms with E-state index < -0.39 is 11.5 Å². The molecule has 0 amide bonds. The molecule has 2 heterocycles. The van der Waals surface area contributed by atoms with Gasteiger partial charge in [0.05, 0.1) is 34.1 Å². The van der Waals surface area contributed by atoms with Gasteiger partial charge in [-0.3, -0.25) is 9.78 Å². The highest BCUT2D eigenvalue weighted by Gasteiger charge is 2.23. The van der Waals surface area contributed by atoms with Crippen LogP contribution in [0.4, 0.5) is 0 Å². The van der Waals surface area contributed by atoms with Crippen LogP contribution in [0, 0.1) is 11.3 Å². The summed E-state index contributed by atoms with van der Waals surface area (Å²) in [7, 11) is 1.52. The highest BCUT2D eigenvalue weighted by Crippen LogP contribution is 2.26. The average molecular weight is 311 g/mol. The molecule has 0 fully saturated rings. The zero-order valence-corrected chi connectivity index (χ0v) is 12.4. The lowest BCUT2D eigenvalue weighted by molar-refractivity contribution is 0.690. The molecule has 0 saturated heterocycles. The fraction of sp³-hybridized carbons (Fsp3) is 0.125. The number of pyridine rings is 1. The fourth-order valence-corrected chi connectivity index (χ4v) is 2.55. The molecule has 108 valence electrons. The number of nitrogens with zero attached hydrogens (tertiary/aromatic N) is 4. The maximum atomic E-state index is 12.3. The zero-order valence-electron chi connectivity index (χ0n) is 11.7. The van der Waals surface area contributed by atoms with Gasteiger partial charge >= 0.3 is 0 Å². The van der Waals surface area contributed by atoms with Crippen LogP contribution in [0.1, 0.15) is 17.2 Å². The average Bonchev–Trinajstić information content (AvgIpc) is 2.55. The summed E-state index contributed by atoms with van der Waals surface area (Å²) in [4.78, 5) is 16.7. The van der Waals surface area contributed by atoms with E-state index in [-0.39, 0.29) is 10.6 Å². The molecule has 1 aromatic carbocycles. The molecule has 0 bridgehead atoms. The third kappa shape index (κ3) is 2.34. The van der Waals surface area contributed by atoms with Crippen LogP contribution in [0.5, 0.6) is 0 Å². The number of halogens is 1. The Morgan fingerprint density at radius 1 is 1.27 bits per heavy atom. The lowest BCUT2D eigenvalue weighted by atomic mass is 9.97. The van der Waals surface area contributed by atoms with Crippen molar-refractivity contribution in [1.82, 2.24) is 14.8 Å². The molecule has 0 N–H and O–H groups in total. The van der Waals surface area contributed by atoms with Crippen LogP contribution in [-0.2, 0) is 7.05 Å². The van der Waals surface area contributed by atoms with E-state index in [9.17, 15) is 10.1 Å². The van der Waals surface area contributed by atoms with Crippen molar-refractivity contribution in [3.63, 3.8) is 0 Å². The second kappa shape index (κ2) is 5.58. The number of hydrogen-bond acceptors (Lipinski definition) is 4. The van der Waals surface area contributed by atoms with Gasteiger partial charge in [-0.25, -0.2) is 4.68 Å². The summed E-state index contributed by atoms with van der Waals surface area (Å²) in [5.74, 6) is -0.834. The zero-order chi connectivity index (χ0) is 15.7. The topological polar surface area (TPSA) is 71.6 Å². The van der Waals surface area contributed by atoms with E-state index in [1.165, 1.54) is 13.2 Å². The molecule has 3 aromatic rings. The smallest absolute Gasteiger partial charge is 0.267 e. The van der Waals surface area contributed by atoms with Crippen LogP contribution >= 0.6 is 11.6 Å². The molecule has 0 aliphatic heterocycles. The molecule has 2 aromatic heterocycles. The van der Waals surface area contributed by atoms with E-state index in [0.29, 0.717) is 5.69 Å². The quantitative estimate of drug-likeness (QED) is 0.729. The third-order valence-electron chi connectivity index (χ3n) is 3.46. The van der Waals surface area contributed by atoms with Crippen molar-refractivity contribution in [3.05, 3.63) is 69.2 Å². The number of fused-ring (bicyclic) bond motifs is 1. The van der Waals surface area contributed by atoms with Crippen molar-refractivity contribution >= 4 is 22.5 Å². The van der Waals surface area contributed by atoms with Gasteiger partial charge in [-0.1, -0.05) is 35.9 Å². The fourth-order valence-electron chi connectivity index (χ4n) is 2.32. The Hall–Kier alpha value is -2.71. The van der Waals surface area contributed by atoms with Crippen LogP contribution in [0.25, 0.3) is 10.9 Å². The van der Waals surface area contributed by atoms with Crippen molar-refractivity contribution < 1.29 is 0 Å². The number of hydrogen-bond donors (Lipinski definition) is 0. The predicted octanol–water partition coefficient (Wildman–Crippen LogP) is 2.64. The largest absolute Gasteiger partial charge is 0.272 e. The highest BCUT2D eigenvalue weighted by molar-refractivity contribution is 6.31. The Morgan fingerprint density at radius 3 is 2.82 bits per heavy atom. The minimum absolute atomic E-state index is 0.171. The standard InChI is InChI=1S/C16H11ClN4O/c1-21-16(22)15(12(17)9-19-21)11(8-18)14-7-6-10-4-2-3-5-13(10)20-14/h2-7,9,11H,1H3. The van der Waals surface area contributed by atoms with E-state index >= 15 is 0 Å². The number of aryl methyl sites for hydroxylation is 1. The molecule has 1 atom stereocenters. The monoisotopic (exact) mass is 310 g/mol. The van der Waals surface area contributed by atoms with E-state index in [2.05, 4.69) is 16.2 Å². The molecular weight excluding hydrogens is 300 g/mol. The number of nitriles is 1. The van der Waals surface area contributed by atoms with Gasteiger partial charge in [0, 0.05) is 12.4 Å². The molecule has 22 heavy (non-hydrogen) atoms. The number of para-hydroxylation sites is 1. The first-order valence-corrected chi connectivity index (χ1v) is 6.96. The number of aromatic nitrogens is 3. The van der Waals surface area contributed by atoms with Crippen molar-refractivity contribution in [1.29, 1.82) is 5.26 Å². The predicted molar refractivity (Wildman–Crippen MR) is 83.7 cm³/mol. The Kier molecular flexibility index (Phi) is 3.61. The maximum Gasteiger partial charge on any atom is 0.272 e. The molecule has 0 radical (unpaired) electrons. The molecular formula is C16H11ClN4O. The van der Waals surface area contributed by atoms with E-state index in [4.69, 9.17) is 11.6 Å². The summed E-state index contributed by atoms with van der Waals surface area (Å²) >= 11 is 6.09. The second-order valence-electron chi connectivity index (χ2n) is 4.83. The van der Waals surface area contributed by atoms with Gasteiger partial charge in [-0.05, 0) is 12.1 Å². The highest BCUT2D eigenvalue weighted by atomic mass is 35.5. The first-order chi connectivity index (χ1) is 10.6. The second-order valence-corrected chi connectivity index (χ2v) is 5.23. The van der Waals surface area contributed by atoms with Crippen LogP contribution in [0.2, 0.25) is 5.02 Å². The minimum Gasteiger partial charge on any atom is -0.267 e. The van der Waals surface area contributed by atoms with E-state index in [0.717, 1.165) is 15.6 Å². The summed E-state index contributed by atoms with van der Waals surface area (Å²) in [6.07, 6.45) is 1.36. The van der Waals surface area contributed by atoms with Crippen LogP contribution in [-0.4, -0.2) is 14.8 Å². The molecule has 1 unspecified atom stereocenters. The van der Waals surface area contributed by atoms with E-state index in [1.54, 1.807) is 6.07 Å². The lowest BCUT2D eigenvalue weighted by Gasteiger charge is -2.11. The Labute approximate surface area is 131 Å². The molecule has 6 heteroatoms.